The number of aromatic amines is 2. The molecule has 1 aromatic heterocycles. The smallest absolute Gasteiger partial charge is 0.314 e. The largest absolute Gasteiger partial charge is 0.325 e. The third-order valence-electron chi connectivity index (χ3n) is 5.19. The van der Waals surface area contributed by atoms with Crippen LogP contribution in [0, 0.1) is 11.7 Å². The first kappa shape index (κ1) is 19.5. The highest BCUT2D eigenvalue weighted by Crippen LogP contribution is 2.21. The van der Waals surface area contributed by atoms with Gasteiger partial charge in [0.1, 0.15) is 5.82 Å². The fourth-order valence-electron chi connectivity index (χ4n) is 3.73. The van der Waals surface area contributed by atoms with Crippen molar-refractivity contribution in [2.75, 3.05) is 19.6 Å². The molecule has 2 aromatic rings. The van der Waals surface area contributed by atoms with Crippen LogP contribution in [0.3, 0.4) is 0 Å². The van der Waals surface area contributed by atoms with E-state index in [2.05, 4.69) is 33.6 Å². The first-order valence-corrected chi connectivity index (χ1v) is 9.44. The average Bonchev–Trinajstić information content (AvgIpc) is 2.82. The molecule has 0 bridgehead atoms. The van der Waals surface area contributed by atoms with Gasteiger partial charge < -0.3 is 4.98 Å². The molecule has 27 heavy (non-hydrogen) atoms. The van der Waals surface area contributed by atoms with Crippen LogP contribution in [-0.2, 0) is 13.1 Å². The fourth-order valence-corrected chi connectivity index (χ4v) is 3.73. The van der Waals surface area contributed by atoms with Gasteiger partial charge in [0, 0.05) is 44.0 Å². The van der Waals surface area contributed by atoms with Crippen LogP contribution < -0.4 is 11.2 Å². The SMILES string of the molecule is CC(C)C1CN(Cc2c[nH]c(=O)[nH]c2=O)CCCN1Cc1ccc(F)cc1. The van der Waals surface area contributed by atoms with Crippen molar-refractivity contribution in [2.24, 2.45) is 5.92 Å². The molecular weight excluding hydrogens is 347 g/mol. The average molecular weight is 374 g/mol. The lowest BCUT2D eigenvalue weighted by molar-refractivity contribution is 0.130. The van der Waals surface area contributed by atoms with Crippen LogP contribution in [0.1, 0.15) is 31.4 Å². The van der Waals surface area contributed by atoms with Gasteiger partial charge in [0.2, 0.25) is 0 Å². The molecule has 1 aromatic carbocycles. The van der Waals surface area contributed by atoms with Crippen molar-refractivity contribution in [3.63, 3.8) is 0 Å². The Kier molecular flexibility index (Phi) is 6.23. The molecule has 2 N–H and O–H groups in total. The number of nitrogens with zero attached hydrogens (tertiary/aromatic N) is 2. The van der Waals surface area contributed by atoms with Gasteiger partial charge in [0.05, 0.1) is 0 Å². The van der Waals surface area contributed by atoms with Crippen molar-refractivity contribution >= 4 is 0 Å². The molecule has 1 unspecified atom stereocenters. The third-order valence-corrected chi connectivity index (χ3v) is 5.19. The Morgan fingerprint density at radius 1 is 1.15 bits per heavy atom. The summed E-state index contributed by atoms with van der Waals surface area (Å²) in [5, 5.41) is 0. The molecule has 0 saturated carbocycles. The molecule has 1 aliphatic rings. The van der Waals surface area contributed by atoms with Crippen molar-refractivity contribution in [3.8, 4) is 0 Å². The van der Waals surface area contributed by atoms with E-state index in [9.17, 15) is 14.0 Å². The minimum absolute atomic E-state index is 0.215. The van der Waals surface area contributed by atoms with E-state index in [4.69, 9.17) is 0 Å². The van der Waals surface area contributed by atoms with Gasteiger partial charge in [-0.25, -0.2) is 9.18 Å². The second kappa shape index (κ2) is 8.63. The summed E-state index contributed by atoms with van der Waals surface area (Å²) in [6.07, 6.45) is 2.50. The van der Waals surface area contributed by atoms with Crippen LogP contribution in [0.2, 0.25) is 0 Å². The lowest BCUT2D eigenvalue weighted by Gasteiger charge is -2.34. The van der Waals surface area contributed by atoms with E-state index in [1.807, 2.05) is 12.1 Å². The van der Waals surface area contributed by atoms with Gasteiger partial charge in [-0.1, -0.05) is 26.0 Å². The highest BCUT2D eigenvalue weighted by atomic mass is 19.1. The van der Waals surface area contributed by atoms with Crippen LogP contribution in [-0.4, -0.2) is 45.4 Å². The number of H-pyrrole nitrogens is 2. The Bertz CT molecular complexity index is 859. The molecule has 1 aliphatic heterocycles. The summed E-state index contributed by atoms with van der Waals surface area (Å²) in [5.74, 6) is 0.229. The van der Waals surface area contributed by atoms with E-state index in [0.717, 1.165) is 38.2 Å². The van der Waals surface area contributed by atoms with Crippen molar-refractivity contribution < 1.29 is 4.39 Å². The summed E-state index contributed by atoms with van der Waals surface area (Å²) in [6, 6.07) is 7.03. The molecule has 0 aliphatic carbocycles. The predicted molar refractivity (Wildman–Crippen MR) is 103 cm³/mol. The fraction of sp³-hybridized carbons (Fsp3) is 0.500. The summed E-state index contributed by atoms with van der Waals surface area (Å²) in [7, 11) is 0. The Morgan fingerprint density at radius 3 is 2.56 bits per heavy atom. The molecule has 0 spiro atoms. The molecule has 2 heterocycles. The molecule has 1 atom stereocenters. The Morgan fingerprint density at radius 2 is 1.89 bits per heavy atom. The zero-order valence-electron chi connectivity index (χ0n) is 15.9. The van der Waals surface area contributed by atoms with Crippen LogP contribution in [0.15, 0.2) is 40.1 Å². The van der Waals surface area contributed by atoms with Crippen molar-refractivity contribution in [1.29, 1.82) is 0 Å². The number of aromatic nitrogens is 2. The molecule has 6 nitrogen and oxygen atoms in total. The van der Waals surface area contributed by atoms with E-state index in [0.29, 0.717) is 24.1 Å². The maximum absolute atomic E-state index is 13.2. The van der Waals surface area contributed by atoms with E-state index >= 15 is 0 Å². The Balaban J connectivity index is 1.73. The van der Waals surface area contributed by atoms with Gasteiger partial charge in [-0.05, 0) is 36.6 Å². The highest BCUT2D eigenvalue weighted by Gasteiger charge is 2.27. The number of nitrogens with one attached hydrogen (secondary N) is 2. The normalized spacial score (nSPS) is 19.3. The molecule has 1 saturated heterocycles. The monoisotopic (exact) mass is 374 g/mol. The summed E-state index contributed by atoms with van der Waals surface area (Å²) < 4.78 is 13.2. The van der Waals surface area contributed by atoms with Gasteiger partial charge in [0.15, 0.2) is 0 Å². The number of hydrogen-bond acceptors (Lipinski definition) is 4. The standard InChI is InChI=1S/C20H27FN4O2/c1-14(2)18-13-24(12-16-10-22-20(27)23-19(16)26)8-3-9-25(18)11-15-4-6-17(21)7-5-15/h4-7,10,14,18H,3,8-9,11-13H2,1-2H3,(H2,22,23,26,27). The zero-order chi connectivity index (χ0) is 19.4. The molecule has 7 heteroatoms. The first-order valence-electron chi connectivity index (χ1n) is 9.44. The van der Waals surface area contributed by atoms with Gasteiger partial charge >= 0.3 is 5.69 Å². The number of halogens is 1. The van der Waals surface area contributed by atoms with Crippen molar-refractivity contribution in [3.05, 3.63) is 68.2 Å². The van der Waals surface area contributed by atoms with E-state index < -0.39 is 5.69 Å². The van der Waals surface area contributed by atoms with E-state index in [1.54, 1.807) is 0 Å². The van der Waals surface area contributed by atoms with E-state index in [-0.39, 0.29) is 11.4 Å². The Labute approximate surface area is 158 Å². The quantitative estimate of drug-likeness (QED) is 0.839. The third kappa shape index (κ3) is 5.14. The predicted octanol–water partition coefficient (Wildman–Crippen LogP) is 1.93. The van der Waals surface area contributed by atoms with Crippen LogP contribution in [0.25, 0.3) is 0 Å². The second-order valence-electron chi connectivity index (χ2n) is 7.59. The first-order chi connectivity index (χ1) is 12.9. The van der Waals surface area contributed by atoms with Crippen LogP contribution in [0.4, 0.5) is 4.39 Å². The van der Waals surface area contributed by atoms with Crippen molar-refractivity contribution in [1.82, 2.24) is 19.8 Å². The number of benzene rings is 1. The molecular formula is C20H27FN4O2. The maximum atomic E-state index is 13.2. The van der Waals surface area contributed by atoms with Crippen LogP contribution in [0.5, 0.6) is 0 Å². The second-order valence-corrected chi connectivity index (χ2v) is 7.59. The number of rotatable bonds is 5. The molecule has 1 fully saturated rings. The minimum atomic E-state index is -0.481. The Hall–Kier alpha value is -2.25. The molecule has 146 valence electrons. The topological polar surface area (TPSA) is 72.2 Å². The maximum Gasteiger partial charge on any atom is 0.325 e. The van der Waals surface area contributed by atoms with Gasteiger partial charge in [-0.15, -0.1) is 0 Å². The summed E-state index contributed by atoms with van der Waals surface area (Å²) in [5.41, 5.74) is 0.870. The van der Waals surface area contributed by atoms with E-state index in [1.165, 1.54) is 18.3 Å². The molecule has 0 amide bonds. The molecule has 0 radical (unpaired) electrons. The summed E-state index contributed by atoms with van der Waals surface area (Å²) in [4.78, 5) is 32.8. The lowest BCUT2D eigenvalue weighted by atomic mass is 10.0. The number of hydrogen-bond donors (Lipinski definition) is 2. The highest BCUT2D eigenvalue weighted by molar-refractivity contribution is 5.16. The van der Waals surface area contributed by atoms with Gasteiger partial charge in [-0.3, -0.25) is 19.6 Å². The van der Waals surface area contributed by atoms with Crippen LogP contribution >= 0.6 is 0 Å². The summed E-state index contributed by atoms with van der Waals surface area (Å²) >= 11 is 0. The van der Waals surface area contributed by atoms with Crippen molar-refractivity contribution in [2.45, 2.75) is 39.4 Å². The summed E-state index contributed by atoms with van der Waals surface area (Å²) in [6.45, 7) is 8.41. The molecule has 3 rings (SSSR count). The lowest BCUT2D eigenvalue weighted by Crippen LogP contribution is -2.44. The van der Waals surface area contributed by atoms with Gasteiger partial charge in [-0.2, -0.15) is 0 Å². The van der Waals surface area contributed by atoms with Gasteiger partial charge in [0.25, 0.3) is 5.56 Å². The minimum Gasteiger partial charge on any atom is -0.314 e. The zero-order valence-corrected chi connectivity index (χ0v) is 15.9.